The van der Waals surface area contributed by atoms with Crippen molar-refractivity contribution < 1.29 is 21.6 Å². The fourth-order valence-electron chi connectivity index (χ4n) is 1.59. The third-order valence-corrected chi connectivity index (χ3v) is 4.01. The minimum atomic E-state index is -4.33. The molecule has 8 heteroatoms. The van der Waals surface area contributed by atoms with E-state index in [0.717, 1.165) is 5.56 Å². The van der Waals surface area contributed by atoms with Crippen LogP contribution in [0.4, 0.5) is 13.2 Å². The molecule has 0 unspecified atom stereocenters. The lowest BCUT2D eigenvalue weighted by Gasteiger charge is -2.09. The fourth-order valence-corrected chi connectivity index (χ4v) is 2.65. The summed E-state index contributed by atoms with van der Waals surface area (Å²) in [6.07, 6.45) is -5.87. The van der Waals surface area contributed by atoms with Crippen molar-refractivity contribution in [1.29, 1.82) is 0 Å². The Labute approximate surface area is 116 Å². The number of benzene rings is 1. The van der Waals surface area contributed by atoms with Crippen molar-refractivity contribution in [2.24, 2.45) is 5.73 Å². The van der Waals surface area contributed by atoms with Crippen LogP contribution >= 0.6 is 0 Å². The Morgan fingerprint density at radius 1 is 1.20 bits per heavy atom. The first kappa shape index (κ1) is 16.9. The van der Waals surface area contributed by atoms with Crippen molar-refractivity contribution in [3.63, 3.8) is 0 Å². The van der Waals surface area contributed by atoms with Crippen LogP contribution in [0.5, 0.6) is 0 Å². The summed E-state index contributed by atoms with van der Waals surface area (Å²) in [4.78, 5) is 0. The molecule has 0 fully saturated rings. The molecule has 0 saturated heterocycles. The molecule has 1 aromatic carbocycles. The number of nitrogens with one attached hydrogen (secondary N) is 1. The van der Waals surface area contributed by atoms with E-state index in [1.165, 1.54) is 0 Å². The topological polar surface area (TPSA) is 72.2 Å². The Bertz CT molecular complexity index is 530. The van der Waals surface area contributed by atoms with Gasteiger partial charge in [-0.15, -0.1) is 0 Å². The molecule has 0 aliphatic carbocycles. The molecule has 0 aliphatic heterocycles. The summed E-state index contributed by atoms with van der Waals surface area (Å²) < 4.78 is 61.2. The zero-order valence-electron chi connectivity index (χ0n) is 10.8. The summed E-state index contributed by atoms with van der Waals surface area (Å²) in [5.41, 5.74) is 7.04. The molecular weight excluding hydrogens is 293 g/mol. The largest absolute Gasteiger partial charge is 0.389 e. The molecule has 0 saturated carbocycles. The molecule has 0 amide bonds. The first-order chi connectivity index (χ1) is 9.22. The third-order valence-electron chi connectivity index (χ3n) is 2.60. The van der Waals surface area contributed by atoms with E-state index >= 15 is 0 Å². The summed E-state index contributed by atoms with van der Waals surface area (Å²) in [5, 5.41) is 0. The summed E-state index contributed by atoms with van der Waals surface area (Å²) in [6, 6.07) is 7.02. The molecule has 0 heterocycles. The molecule has 0 radical (unpaired) electrons. The van der Waals surface area contributed by atoms with Gasteiger partial charge in [-0.3, -0.25) is 0 Å². The van der Waals surface area contributed by atoms with Crippen molar-refractivity contribution in [3.05, 3.63) is 35.4 Å². The lowest BCUT2D eigenvalue weighted by atomic mass is 10.1. The Morgan fingerprint density at radius 2 is 1.85 bits per heavy atom. The Morgan fingerprint density at radius 3 is 2.45 bits per heavy atom. The van der Waals surface area contributed by atoms with Crippen LogP contribution in [0, 0.1) is 0 Å². The number of halogens is 3. The molecule has 4 nitrogen and oxygen atoms in total. The van der Waals surface area contributed by atoms with Crippen molar-refractivity contribution >= 4 is 10.0 Å². The van der Waals surface area contributed by atoms with Crippen molar-refractivity contribution in [2.45, 2.75) is 32.1 Å². The molecule has 0 atom stereocenters. The first-order valence-corrected chi connectivity index (χ1v) is 7.69. The maximum absolute atomic E-state index is 11.9. The van der Waals surface area contributed by atoms with E-state index in [1.807, 2.05) is 0 Å². The molecule has 0 aliphatic rings. The maximum Gasteiger partial charge on any atom is 0.389 e. The number of nitrogens with two attached hydrogens (primary N) is 1. The van der Waals surface area contributed by atoms with E-state index in [-0.39, 0.29) is 6.54 Å². The summed E-state index contributed by atoms with van der Waals surface area (Å²) >= 11 is 0. The lowest BCUT2D eigenvalue weighted by Crippen LogP contribution is -2.26. The molecule has 3 N–H and O–H groups in total. The minimum absolute atomic E-state index is 0.0438. The number of alkyl halides is 3. The molecule has 0 spiro atoms. The van der Waals surface area contributed by atoms with Gasteiger partial charge in [-0.05, 0) is 17.5 Å². The lowest BCUT2D eigenvalue weighted by molar-refractivity contribution is -0.134. The Kier molecular flexibility index (Phi) is 5.97. The molecule has 0 bridgehead atoms. The second kappa shape index (κ2) is 7.05. The normalized spacial score (nSPS) is 12.6. The van der Waals surface area contributed by atoms with E-state index in [2.05, 4.69) is 4.72 Å². The predicted molar refractivity (Wildman–Crippen MR) is 70.2 cm³/mol. The van der Waals surface area contributed by atoms with Crippen LogP contribution in [0.2, 0.25) is 0 Å². The van der Waals surface area contributed by atoms with Crippen LogP contribution in [0.15, 0.2) is 24.3 Å². The Balaban J connectivity index is 2.46. The van der Waals surface area contributed by atoms with E-state index < -0.39 is 34.8 Å². The zero-order chi connectivity index (χ0) is 15.2. The molecule has 20 heavy (non-hydrogen) atoms. The van der Waals surface area contributed by atoms with Crippen LogP contribution in [0.3, 0.4) is 0 Å². The van der Waals surface area contributed by atoms with E-state index in [4.69, 9.17) is 5.73 Å². The van der Waals surface area contributed by atoms with Crippen molar-refractivity contribution in [2.75, 3.05) is 5.75 Å². The van der Waals surface area contributed by atoms with Gasteiger partial charge in [0, 0.05) is 19.5 Å². The second-order valence-corrected chi connectivity index (χ2v) is 6.31. The number of hydrogen-bond donors (Lipinski definition) is 2. The van der Waals surface area contributed by atoms with E-state index in [0.29, 0.717) is 12.1 Å². The van der Waals surface area contributed by atoms with Gasteiger partial charge in [0.1, 0.15) is 0 Å². The first-order valence-electron chi connectivity index (χ1n) is 6.04. The average Bonchev–Trinajstić information content (AvgIpc) is 2.35. The highest BCUT2D eigenvalue weighted by molar-refractivity contribution is 7.89. The van der Waals surface area contributed by atoms with Gasteiger partial charge < -0.3 is 5.73 Å². The predicted octanol–water partition coefficient (Wildman–Crippen LogP) is 1.91. The third kappa shape index (κ3) is 6.88. The van der Waals surface area contributed by atoms with Crippen LogP contribution in [0.25, 0.3) is 0 Å². The van der Waals surface area contributed by atoms with Gasteiger partial charge in [-0.25, -0.2) is 13.1 Å². The number of hydrogen-bond acceptors (Lipinski definition) is 3. The van der Waals surface area contributed by atoms with Crippen molar-refractivity contribution in [1.82, 2.24) is 4.72 Å². The van der Waals surface area contributed by atoms with Gasteiger partial charge in [-0.1, -0.05) is 24.3 Å². The van der Waals surface area contributed by atoms with E-state index in [1.54, 1.807) is 24.3 Å². The Hall–Kier alpha value is -1.12. The highest BCUT2D eigenvalue weighted by atomic mass is 32.2. The molecule has 114 valence electrons. The number of sulfonamides is 1. The van der Waals surface area contributed by atoms with Crippen LogP contribution in [-0.4, -0.2) is 20.3 Å². The van der Waals surface area contributed by atoms with Gasteiger partial charge in [0.15, 0.2) is 0 Å². The van der Waals surface area contributed by atoms with Crippen LogP contribution in [0.1, 0.15) is 24.0 Å². The highest BCUT2D eigenvalue weighted by Gasteiger charge is 2.27. The van der Waals surface area contributed by atoms with Gasteiger partial charge >= 0.3 is 6.18 Å². The minimum Gasteiger partial charge on any atom is -0.326 e. The monoisotopic (exact) mass is 310 g/mol. The van der Waals surface area contributed by atoms with E-state index in [9.17, 15) is 21.6 Å². The average molecular weight is 310 g/mol. The summed E-state index contributed by atoms with van der Waals surface area (Å²) in [5.74, 6) is -0.539. The van der Waals surface area contributed by atoms with Gasteiger partial charge in [0.2, 0.25) is 10.0 Å². The number of rotatable bonds is 7. The fraction of sp³-hybridized carbons (Fsp3) is 0.500. The van der Waals surface area contributed by atoms with Gasteiger partial charge in [-0.2, -0.15) is 13.2 Å². The molecule has 1 aromatic rings. The van der Waals surface area contributed by atoms with Crippen LogP contribution < -0.4 is 10.5 Å². The molecule has 0 aromatic heterocycles. The smallest absolute Gasteiger partial charge is 0.326 e. The highest BCUT2D eigenvalue weighted by Crippen LogP contribution is 2.21. The van der Waals surface area contributed by atoms with Crippen LogP contribution in [-0.2, 0) is 23.1 Å². The standard InChI is InChI=1S/C12H17F3N2O2S/c13-12(14,15)5-2-6-20(18,19)17-9-11-4-1-3-10(7-11)8-16/h1,3-4,7,17H,2,5-6,8-9,16H2. The SMILES string of the molecule is NCc1cccc(CNS(=O)(=O)CCCC(F)(F)F)c1. The van der Waals surface area contributed by atoms with Gasteiger partial charge in [0.25, 0.3) is 0 Å². The summed E-state index contributed by atoms with van der Waals surface area (Å²) in [6.45, 7) is 0.383. The molecule has 1 rings (SSSR count). The molecular formula is C12H17F3N2O2S. The van der Waals surface area contributed by atoms with Gasteiger partial charge in [0.05, 0.1) is 5.75 Å². The zero-order valence-corrected chi connectivity index (χ0v) is 11.6. The maximum atomic E-state index is 11.9. The quantitative estimate of drug-likeness (QED) is 0.808. The second-order valence-electron chi connectivity index (χ2n) is 4.38. The van der Waals surface area contributed by atoms with Crippen molar-refractivity contribution in [3.8, 4) is 0 Å². The summed E-state index contributed by atoms with van der Waals surface area (Å²) in [7, 11) is -3.70.